The van der Waals surface area contributed by atoms with Gasteiger partial charge in [0, 0.05) is 22.0 Å². The van der Waals surface area contributed by atoms with Crippen molar-refractivity contribution in [3.8, 4) is 0 Å². The lowest BCUT2D eigenvalue weighted by Gasteiger charge is -2.06. The van der Waals surface area contributed by atoms with Gasteiger partial charge >= 0.3 is 0 Å². The van der Waals surface area contributed by atoms with Crippen LogP contribution in [0.15, 0.2) is 27.6 Å². The van der Waals surface area contributed by atoms with E-state index in [1.807, 2.05) is 0 Å². The molecule has 0 aliphatic carbocycles. The first-order valence-corrected chi connectivity index (χ1v) is 7.54. The number of halogens is 4. The summed E-state index contributed by atoms with van der Waals surface area (Å²) >= 11 is 22.8. The standard InChI is InChI=1S/C10H7Cl4NO2S/c1-18(17)9(14)8(13)10(16)15-7-3-5(11)2-6(12)4-7/h2-4H,1H3,(H,15,16). The first-order valence-electron chi connectivity index (χ1n) is 4.47. The minimum Gasteiger partial charge on any atom is -0.321 e. The quantitative estimate of drug-likeness (QED) is 0.842. The van der Waals surface area contributed by atoms with Gasteiger partial charge in [-0.25, -0.2) is 0 Å². The molecule has 1 rings (SSSR count). The summed E-state index contributed by atoms with van der Waals surface area (Å²) in [6.07, 6.45) is 1.31. The van der Waals surface area contributed by atoms with Crippen molar-refractivity contribution in [3.05, 3.63) is 37.6 Å². The van der Waals surface area contributed by atoms with Gasteiger partial charge in [-0.3, -0.25) is 9.00 Å². The normalized spacial score (nSPS) is 13.8. The Kier molecular flexibility index (Phi) is 5.95. The third-order valence-corrected chi connectivity index (χ3v) is 4.30. The third kappa shape index (κ3) is 4.44. The molecule has 0 radical (unpaired) electrons. The second-order valence-corrected chi connectivity index (χ2v) is 6.32. The summed E-state index contributed by atoms with van der Waals surface area (Å²) in [5, 5.41) is 2.83. The predicted molar refractivity (Wildman–Crippen MR) is 77.9 cm³/mol. The van der Waals surface area contributed by atoms with Crippen LogP contribution in [0.4, 0.5) is 5.69 Å². The fourth-order valence-corrected chi connectivity index (χ4v) is 2.36. The van der Waals surface area contributed by atoms with Crippen LogP contribution in [0.1, 0.15) is 0 Å². The molecule has 1 atom stereocenters. The lowest BCUT2D eigenvalue weighted by Crippen LogP contribution is -2.13. The van der Waals surface area contributed by atoms with Crippen LogP contribution in [0.3, 0.4) is 0 Å². The molecule has 1 amide bonds. The zero-order valence-corrected chi connectivity index (χ0v) is 12.8. The fourth-order valence-electron chi connectivity index (χ4n) is 1.03. The average Bonchev–Trinajstić information content (AvgIpc) is 2.25. The van der Waals surface area contributed by atoms with E-state index in [0.29, 0.717) is 15.7 Å². The average molecular weight is 347 g/mol. The summed E-state index contributed by atoms with van der Waals surface area (Å²) in [5.74, 6) is -0.685. The summed E-state index contributed by atoms with van der Waals surface area (Å²) in [4.78, 5) is 11.7. The monoisotopic (exact) mass is 345 g/mol. The SMILES string of the molecule is CS(=O)C(Cl)=C(Cl)C(=O)Nc1cc(Cl)cc(Cl)c1. The molecule has 0 saturated heterocycles. The van der Waals surface area contributed by atoms with Gasteiger partial charge < -0.3 is 5.32 Å². The van der Waals surface area contributed by atoms with Crippen LogP contribution in [0.5, 0.6) is 0 Å². The maximum absolute atomic E-state index is 11.7. The molecule has 18 heavy (non-hydrogen) atoms. The number of anilines is 1. The fraction of sp³-hybridized carbons (Fsp3) is 0.100. The van der Waals surface area contributed by atoms with Crippen LogP contribution in [0.25, 0.3) is 0 Å². The summed E-state index contributed by atoms with van der Waals surface area (Å²) in [6.45, 7) is 0. The molecule has 8 heteroatoms. The molecule has 3 nitrogen and oxygen atoms in total. The smallest absolute Gasteiger partial charge is 0.269 e. The lowest BCUT2D eigenvalue weighted by molar-refractivity contribution is -0.112. The van der Waals surface area contributed by atoms with Crippen molar-refractivity contribution in [2.24, 2.45) is 0 Å². The summed E-state index contributed by atoms with van der Waals surface area (Å²) < 4.78 is 10.8. The van der Waals surface area contributed by atoms with Crippen molar-refractivity contribution >= 4 is 68.8 Å². The Morgan fingerprint density at radius 1 is 1.17 bits per heavy atom. The van der Waals surface area contributed by atoms with Crippen molar-refractivity contribution in [2.45, 2.75) is 0 Å². The maximum Gasteiger partial charge on any atom is 0.269 e. The van der Waals surface area contributed by atoms with E-state index >= 15 is 0 Å². The summed E-state index contributed by atoms with van der Waals surface area (Å²) in [5.41, 5.74) is 0.363. The molecule has 0 heterocycles. The van der Waals surface area contributed by atoms with Gasteiger partial charge in [-0.05, 0) is 18.2 Å². The summed E-state index contributed by atoms with van der Waals surface area (Å²) in [7, 11) is -1.53. The van der Waals surface area contributed by atoms with Crippen molar-refractivity contribution in [1.82, 2.24) is 0 Å². The highest BCUT2D eigenvalue weighted by atomic mass is 35.5. The Morgan fingerprint density at radius 3 is 2.11 bits per heavy atom. The van der Waals surface area contributed by atoms with Crippen LogP contribution >= 0.6 is 46.4 Å². The van der Waals surface area contributed by atoms with Crippen LogP contribution in [0.2, 0.25) is 10.0 Å². The Balaban J connectivity index is 2.95. The van der Waals surface area contributed by atoms with Crippen molar-refractivity contribution in [1.29, 1.82) is 0 Å². The second-order valence-electron chi connectivity index (χ2n) is 3.15. The van der Waals surface area contributed by atoms with E-state index in [1.165, 1.54) is 24.5 Å². The predicted octanol–water partition coefficient (Wildman–Crippen LogP) is 3.96. The number of carbonyl (C=O) groups is 1. The molecule has 1 unspecified atom stereocenters. The molecular weight excluding hydrogens is 340 g/mol. The molecule has 0 fully saturated rings. The number of hydrogen-bond donors (Lipinski definition) is 1. The maximum atomic E-state index is 11.7. The molecule has 0 aromatic heterocycles. The van der Waals surface area contributed by atoms with E-state index in [9.17, 15) is 9.00 Å². The number of amides is 1. The van der Waals surface area contributed by atoms with E-state index in [2.05, 4.69) is 5.32 Å². The largest absolute Gasteiger partial charge is 0.321 e. The first kappa shape index (κ1) is 15.8. The zero-order valence-electron chi connectivity index (χ0n) is 8.97. The number of benzene rings is 1. The van der Waals surface area contributed by atoms with E-state index in [4.69, 9.17) is 46.4 Å². The van der Waals surface area contributed by atoms with E-state index in [-0.39, 0.29) is 9.40 Å². The van der Waals surface area contributed by atoms with Gasteiger partial charge in [-0.1, -0.05) is 46.4 Å². The Bertz CT molecular complexity index is 524. The number of nitrogens with one attached hydrogen (secondary N) is 1. The Labute approximate surface area is 127 Å². The number of rotatable bonds is 3. The number of carbonyl (C=O) groups excluding carboxylic acids is 1. The molecule has 0 aliphatic rings. The van der Waals surface area contributed by atoms with E-state index in [0.717, 1.165) is 0 Å². The molecule has 0 saturated carbocycles. The van der Waals surface area contributed by atoms with Crippen LogP contribution < -0.4 is 5.32 Å². The Hall–Kier alpha value is -0.260. The van der Waals surface area contributed by atoms with E-state index in [1.54, 1.807) is 0 Å². The Morgan fingerprint density at radius 2 is 1.67 bits per heavy atom. The van der Waals surface area contributed by atoms with Gasteiger partial charge in [0.25, 0.3) is 5.91 Å². The van der Waals surface area contributed by atoms with Crippen LogP contribution in [0, 0.1) is 0 Å². The van der Waals surface area contributed by atoms with Gasteiger partial charge in [-0.15, -0.1) is 0 Å². The van der Waals surface area contributed by atoms with Gasteiger partial charge in [0.1, 0.15) is 9.40 Å². The highest BCUT2D eigenvalue weighted by Gasteiger charge is 2.15. The molecule has 1 N–H and O–H groups in total. The molecule has 1 aromatic rings. The summed E-state index contributed by atoms with van der Waals surface area (Å²) in [6, 6.07) is 4.50. The van der Waals surface area contributed by atoms with Crippen LogP contribution in [-0.4, -0.2) is 16.4 Å². The highest BCUT2D eigenvalue weighted by Crippen LogP contribution is 2.24. The highest BCUT2D eigenvalue weighted by molar-refractivity contribution is 7.90. The molecule has 0 spiro atoms. The molecular formula is C10H7Cl4NO2S. The third-order valence-electron chi connectivity index (χ3n) is 1.74. The van der Waals surface area contributed by atoms with Gasteiger partial charge in [0.05, 0.1) is 10.8 Å². The van der Waals surface area contributed by atoms with Gasteiger partial charge in [0.2, 0.25) is 0 Å². The number of hydrogen-bond acceptors (Lipinski definition) is 2. The van der Waals surface area contributed by atoms with Gasteiger partial charge in [0.15, 0.2) is 0 Å². The molecule has 1 aromatic carbocycles. The minimum atomic E-state index is -1.53. The topological polar surface area (TPSA) is 46.2 Å². The zero-order chi connectivity index (χ0) is 13.9. The molecule has 0 aliphatic heterocycles. The molecule has 0 bridgehead atoms. The molecule has 98 valence electrons. The van der Waals surface area contributed by atoms with Crippen LogP contribution in [-0.2, 0) is 15.6 Å². The van der Waals surface area contributed by atoms with Crippen molar-refractivity contribution in [2.75, 3.05) is 11.6 Å². The van der Waals surface area contributed by atoms with E-state index < -0.39 is 16.7 Å². The lowest BCUT2D eigenvalue weighted by atomic mass is 10.3. The minimum absolute atomic E-state index is 0.220. The second kappa shape index (κ2) is 6.78. The van der Waals surface area contributed by atoms with Crippen molar-refractivity contribution in [3.63, 3.8) is 0 Å². The van der Waals surface area contributed by atoms with Gasteiger partial charge in [-0.2, -0.15) is 0 Å². The van der Waals surface area contributed by atoms with Crippen molar-refractivity contribution < 1.29 is 9.00 Å². The first-order chi connectivity index (χ1) is 8.31.